The highest BCUT2D eigenvalue weighted by molar-refractivity contribution is 5.78. The Labute approximate surface area is 91.6 Å². The number of aliphatic hydroxyl groups is 1. The van der Waals surface area contributed by atoms with E-state index in [1.54, 1.807) is 4.90 Å². The maximum absolute atomic E-state index is 11.7. The Balaban J connectivity index is 2.21. The molecular formula is C11H22N2O2. The third-order valence-corrected chi connectivity index (χ3v) is 2.62. The molecule has 1 amide bonds. The van der Waals surface area contributed by atoms with Crippen LogP contribution < -0.4 is 5.32 Å². The van der Waals surface area contributed by atoms with Crippen LogP contribution in [0.25, 0.3) is 0 Å². The zero-order chi connectivity index (χ0) is 11.1. The van der Waals surface area contributed by atoms with Gasteiger partial charge in [0.25, 0.3) is 0 Å². The molecule has 2 N–H and O–H groups in total. The molecular weight excluding hydrogens is 192 g/mol. The van der Waals surface area contributed by atoms with Crippen LogP contribution in [0.3, 0.4) is 0 Å². The van der Waals surface area contributed by atoms with Crippen LogP contribution in [0.5, 0.6) is 0 Å². The molecule has 1 saturated carbocycles. The quantitative estimate of drug-likeness (QED) is 0.613. The van der Waals surface area contributed by atoms with Gasteiger partial charge in [0, 0.05) is 19.1 Å². The Morgan fingerprint density at radius 1 is 1.47 bits per heavy atom. The molecule has 0 aromatic carbocycles. The lowest BCUT2D eigenvalue weighted by atomic mass is 10.3. The van der Waals surface area contributed by atoms with Gasteiger partial charge in [-0.25, -0.2) is 0 Å². The Morgan fingerprint density at radius 3 is 2.73 bits per heavy atom. The molecule has 0 bridgehead atoms. The van der Waals surface area contributed by atoms with Crippen LogP contribution in [0.4, 0.5) is 0 Å². The first kappa shape index (κ1) is 12.5. The van der Waals surface area contributed by atoms with Crippen molar-refractivity contribution in [2.45, 2.75) is 38.6 Å². The fourth-order valence-corrected chi connectivity index (χ4v) is 1.46. The molecule has 0 saturated heterocycles. The third-order valence-electron chi connectivity index (χ3n) is 2.62. The fourth-order valence-electron chi connectivity index (χ4n) is 1.46. The molecule has 4 nitrogen and oxygen atoms in total. The lowest BCUT2D eigenvalue weighted by molar-refractivity contribution is -0.130. The Bertz CT molecular complexity index is 193. The maximum atomic E-state index is 11.7. The lowest BCUT2D eigenvalue weighted by Crippen LogP contribution is -2.40. The van der Waals surface area contributed by atoms with Gasteiger partial charge in [0.1, 0.15) is 0 Å². The summed E-state index contributed by atoms with van der Waals surface area (Å²) in [6.07, 6.45) is 4.48. The van der Waals surface area contributed by atoms with Gasteiger partial charge in [-0.3, -0.25) is 4.79 Å². The van der Waals surface area contributed by atoms with Crippen LogP contribution in [-0.2, 0) is 4.79 Å². The summed E-state index contributed by atoms with van der Waals surface area (Å²) in [7, 11) is 0. The average Bonchev–Trinajstić information content (AvgIpc) is 3.04. The van der Waals surface area contributed by atoms with E-state index in [4.69, 9.17) is 5.11 Å². The predicted molar refractivity (Wildman–Crippen MR) is 59.6 cm³/mol. The van der Waals surface area contributed by atoms with Gasteiger partial charge >= 0.3 is 0 Å². The summed E-state index contributed by atoms with van der Waals surface area (Å²) in [5.41, 5.74) is 0. The molecule has 15 heavy (non-hydrogen) atoms. The highest BCUT2D eigenvalue weighted by atomic mass is 16.3. The molecule has 0 aromatic rings. The minimum absolute atomic E-state index is 0.0544. The Hall–Kier alpha value is -0.610. The molecule has 0 heterocycles. The number of nitrogens with zero attached hydrogens (tertiary/aromatic N) is 1. The van der Waals surface area contributed by atoms with Gasteiger partial charge in [0.15, 0.2) is 0 Å². The van der Waals surface area contributed by atoms with Crippen LogP contribution in [0, 0.1) is 0 Å². The first-order valence-electron chi connectivity index (χ1n) is 5.90. The zero-order valence-corrected chi connectivity index (χ0v) is 9.54. The number of carbonyl (C=O) groups excluding carboxylic acids is 1. The smallest absolute Gasteiger partial charge is 0.236 e. The van der Waals surface area contributed by atoms with E-state index in [2.05, 4.69) is 12.2 Å². The summed E-state index contributed by atoms with van der Waals surface area (Å²) < 4.78 is 0. The van der Waals surface area contributed by atoms with E-state index in [0.717, 1.165) is 19.4 Å². The first-order chi connectivity index (χ1) is 7.27. The number of rotatable bonds is 8. The van der Waals surface area contributed by atoms with Crippen molar-refractivity contribution in [3.05, 3.63) is 0 Å². The van der Waals surface area contributed by atoms with Gasteiger partial charge in [0.05, 0.1) is 13.2 Å². The third kappa shape index (κ3) is 5.14. The molecule has 0 atom stereocenters. The molecule has 0 aliphatic heterocycles. The minimum Gasteiger partial charge on any atom is -0.395 e. The maximum Gasteiger partial charge on any atom is 0.236 e. The Morgan fingerprint density at radius 2 is 2.20 bits per heavy atom. The van der Waals surface area contributed by atoms with Crippen molar-refractivity contribution in [2.75, 3.05) is 26.2 Å². The molecule has 0 spiro atoms. The normalized spacial score (nSPS) is 15.3. The first-order valence-corrected chi connectivity index (χ1v) is 5.90. The zero-order valence-electron chi connectivity index (χ0n) is 9.54. The van der Waals surface area contributed by atoms with Gasteiger partial charge in [-0.1, -0.05) is 13.3 Å². The number of amides is 1. The summed E-state index contributed by atoms with van der Waals surface area (Å²) in [5.74, 6) is 0.115. The van der Waals surface area contributed by atoms with Crippen molar-refractivity contribution in [3.63, 3.8) is 0 Å². The summed E-state index contributed by atoms with van der Waals surface area (Å²) in [6, 6.07) is 0.566. The van der Waals surface area contributed by atoms with E-state index in [0.29, 0.717) is 19.1 Å². The molecule has 1 aliphatic carbocycles. The number of carbonyl (C=O) groups is 1. The SMILES string of the molecule is CCCCN(CCO)C(=O)CNC1CC1. The number of unbranched alkanes of at least 4 members (excludes halogenated alkanes) is 1. The van der Waals surface area contributed by atoms with E-state index in [-0.39, 0.29) is 12.5 Å². The van der Waals surface area contributed by atoms with Crippen LogP contribution in [0.1, 0.15) is 32.6 Å². The number of aliphatic hydroxyl groups excluding tert-OH is 1. The highest BCUT2D eigenvalue weighted by Gasteiger charge is 2.22. The molecule has 0 unspecified atom stereocenters. The fraction of sp³-hybridized carbons (Fsp3) is 0.909. The largest absolute Gasteiger partial charge is 0.395 e. The van der Waals surface area contributed by atoms with Crippen molar-refractivity contribution < 1.29 is 9.90 Å². The van der Waals surface area contributed by atoms with E-state index >= 15 is 0 Å². The molecule has 1 rings (SSSR count). The summed E-state index contributed by atoms with van der Waals surface area (Å²) in [5, 5.41) is 12.1. The standard InChI is InChI=1S/C11H22N2O2/c1-2-3-6-13(7-8-14)11(15)9-12-10-4-5-10/h10,12,14H,2-9H2,1H3. The predicted octanol–water partition coefficient (Wildman–Crippen LogP) is 0.359. The number of hydrogen-bond donors (Lipinski definition) is 2. The van der Waals surface area contributed by atoms with Crippen molar-refractivity contribution in [2.24, 2.45) is 0 Å². The Kier molecular flexibility index (Phi) is 5.65. The van der Waals surface area contributed by atoms with Crippen molar-refractivity contribution >= 4 is 5.91 Å². The summed E-state index contributed by atoms with van der Waals surface area (Å²) >= 11 is 0. The van der Waals surface area contributed by atoms with Crippen LogP contribution in [-0.4, -0.2) is 48.2 Å². The minimum atomic E-state index is 0.0544. The van der Waals surface area contributed by atoms with Gasteiger partial charge < -0.3 is 15.3 Å². The van der Waals surface area contributed by atoms with E-state index in [9.17, 15) is 4.79 Å². The van der Waals surface area contributed by atoms with E-state index in [1.165, 1.54) is 12.8 Å². The van der Waals surface area contributed by atoms with Gasteiger partial charge in [-0.05, 0) is 19.3 Å². The van der Waals surface area contributed by atoms with Crippen molar-refractivity contribution in [3.8, 4) is 0 Å². The van der Waals surface area contributed by atoms with E-state index < -0.39 is 0 Å². The number of hydrogen-bond acceptors (Lipinski definition) is 3. The van der Waals surface area contributed by atoms with Gasteiger partial charge in [-0.15, -0.1) is 0 Å². The van der Waals surface area contributed by atoms with Crippen LogP contribution >= 0.6 is 0 Å². The monoisotopic (exact) mass is 214 g/mol. The number of nitrogens with one attached hydrogen (secondary N) is 1. The van der Waals surface area contributed by atoms with Gasteiger partial charge in [-0.2, -0.15) is 0 Å². The van der Waals surface area contributed by atoms with Crippen molar-refractivity contribution in [1.29, 1.82) is 0 Å². The second kappa shape index (κ2) is 6.80. The molecule has 0 aromatic heterocycles. The van der Waals surface area contributed by atoms with Crippen LogP contribution in [0.15, 0.2) is 0 Å². The van der Waals surface area contributed by atoms with Crippen LogP contribution in [0.2, 0.25) is 0 Å². The lowest BCUT2D eigenvalue weighted by Gasteiger charge is -2.21. The van der Waals surface area contributed by atoms with Gasteiger partial charge in [0.2, 0.25) is 5.91 Å². The molecule has 88 valence electrons. The molecule has 1 fully saturated rings. The average molecular weight is 214 g/mol. The van der Waals surface area contributed by atoms with Crippen molar-refractivity contribution in [1.82, 2.24) is 10.2 Å². The molecule has 1 aliphatic rings. The van der Waals surface area contributed by atoms with E-state index in [1.807, 2.05) is 0 Å². The second-order valence-electron chi connectivity index (χ2n) is 4.11. The molecule has 0 radical (unpaired) electrons. The summed E-state index contributed by atoms with van der Waals surface area (Å²) in [4.78, 5) is 13.5. The second-order valence-corrected chi connectivity index (χ2v) is 4.11. The molecule has 4 heteroatoms. The highest BCUT2D eigenvalue weighted by Crippen LogP contribution is 2.18. The summed E-state index contributed by atoms with van der Waals surface area (Å²) in [6.45, 7) is 3.81. The topological polar surface area (TPSA) is 52.6 Å².